The molecular formula is C31H26F3N3O3. The Bertz CT molecular complexity index is 1510. The molecule has 0 radical (unpaired) electrons. The number of halogens is 3. The number of carbonyl (C=O) groups is 2. The summed E-state index contributed by atoms with van der Waals surface area (Å²) in [6, 6.07) is 26.6. The van der Waals surface area contributed by atoms with E-state index in [2.05, 4.69) is 10.6 Å². The molecule has 1 heterocycles. The van der Waals surface area contributed by atoms with Crippen molar-refractivity contribution in [3.05, 3.63) is 125 Å². The molecule has 0 fully saturated rings. The highest BCUT2D eigenvalue weighted by atomic mass is 19.4. The molecule has 5 rings (SSSR count). The number of rotatable bonds is 6. The summed E-state index contributed by atoms with van der Waals surface area (Å²) < 4.78 is 38.9. The van der Waals surface area contributed by atoms with Gasteiger partial charge in [0, 0.05) is 24.3 Å². The molecule has 0 saturated heterocycles. The molecular weight excluding hydrogens is 519 g/mol. The first-order valence-corrected chi connectivity index (χ1v) is 12.7. The molecule has 0 spiro atoms. The Balaban J connectivity index is 1.21. The third kappa shape index (κ3) is 6.50. The molecule has 4 aromatic carbocycles. The highest BCUT2D eigenvalue weighted by Gasteiger charge is 2.30. The van der Waals surface area contributed by atoms with Gasteiger partial charge in [0.2, 0.25) is 0 Å². The molecule has 204 valence electrons. The summed E-state index contributed by atoms with van der Waals surface area (Å²) in [6.45, 7) is 1.29. The van der Waals surface area contributed by atoms with Crippen LogP contribution in [0.2, 0.25) is 0 Å². The summed E-state index contributed by atoms with van der Waals surface area (Å²) in [5.74, 6) is -0.369. The van der Waals surface area contributed by atoms with Gasteiger partial charge in [0.05, 0.1) is 12.1 Å². The zero-order valence-electron chi connectivity index (χ0n) is 21.4. The van der Waals surface area contributed by atoms with Gasteiger partial charge in [-0.1, -0.05) is 66.7 Å². The number of hydrogen-bond donors (Lipinski definition) is 2. The van der Waals surface area contributed by atoms with E-state index in [0.717, 1.165) is 28.8 Å². The number of anilines is 1. The zero-order valence-corrected chi connectivity index (χ0v) is 21.4. The highest BCUT2D eigenvalue weighted by Crippen LogP contribution is 2.32. The van der Waals surface area contributed by atoms with Crippen LogP contribution in [0.4, 0.5) is 23.7 Å². The first-order valence-electron chi connectivity index (χ1n) is 12.7. The van der Waals surface area contributed by atoms with E-state index < -0.39 is 17.8 Å². The molecule has 9 heteroatoms. The van der Waals surface area contributed by atoms with Crippen molar-refractivity contribution in [3.63, 3.8) is 0 Å². The van der Waals surface area contributed by atoms with Gasteiger partial charge in [-0.2, -0.15) is 13.2 Å². The van der Waals surface area contributed by atoms with Crippen molar-refractivity contribution < 1.29 is 27.6 Å². The minimum Gasteiger partial charge on any atom is -0.351 e. The molecule has 2 N–H and O–H groups in total. The van der Waals surface area contributed by atoms with E-state index in [4.69, 9.17) is 4.84 Å². The van der Waals surface area contributed by atoms with Crippen molar-refractivity contribution in [2.45, 2.75) is 25.7 Å². The van der Waals surface area contributed by atoms with Crippen LogP contribution in [-0.2, 0) is 30.5 Å². The Hall–Kier alpha value is -4.63. The number of carbonyl (C=O) groups excluding carboxylic acids is 2. The van der Waals surface area contributed by atoms with Gasteiger partial charge >= 0.3 is 12.3 Å². The van der Waals surface area contributed by atoms with Crippen LogP contribution in [-0.4, -0.2) is 23.6 Å². The third-order valence-electron chi connectivity index (χ3n) is 6.63. The van der Waals surface area contributed by atoms with E-state index in [1.807, 2.05) is 42.5 Å². The SMILES string of the molecule is O=C(NCc1ccccc1)ON1CCc2cc(NC(=O)c3ccccc3-c3ccc(C(F)(F)F)cc3)ccc2C1. The van der Waals surface area contributed by atoms with Gasteiger partial charge in [0.25, 0.3) is 5.91 Å². The van der Waals surface area contributed by atoms with Crippen LogP contribution < -0.4 is 10.6 Å². The number of hydroxylamine groups is 2. The number of fused-ring (bicyclic) bond motifs is 1. The monoisotopic (exact) mass is 545 g/mol. The second-order valence-corrected chi connectivity index (χ2v) is 9.39. The van der Waals surface area contributed by atoms with E-state index in [0.29, 0.717) is 48.4 Å². The maximum absolute atomic E-state index is 13.2. The Morgan fingerprint density at radius 1 is 0.850 bits per heavy atom. The molecule has 1 aliphatic heterocycles. The van der Waals surface area contributed by atoms with Crippen molar-refractivity contribution in [1.29, 1.82) is 0 Å². The molecule has 6 nitrogen and oxygen atoms in total. The van der Waals surface area contributed by atoms with Crippen LogP contribution in [0.5, 0.6) is 0 Å². The standard InChI is InChI=1S/C31H26F3N3O3/c32-31(33,34)25-13-10-22(11-14-25)27-8-4-5-9-28(27)29(38)36-26-15-12-24-20-37(17-16-23(24)18-26)40-30(39)35-19-21-6-2-1-3-7-21/h1-15,18H,16-17,19-20H2,(H,35,39)(H,36,38). The maximum Gasteiger partial charge on any atom is 0.426 e. The molecule has 1 aliphatic rings. The van der Waals surface area contributed by atoms with Crippen LogP contribution in [0.3, 0.4) is 0 Å². The molecule has 0 unspecified atom stereocenters. The fourth-order valence-electron chi connectivity index (χ4n) is 4.57. The van der Waals surface area contributed by atoms with Gasteiger partial charge in [-0.05, 0) is 64.6 Å². The number of amides is 2. The fourth-order valence-corrected chi connectivity index (χ4v) is 4.57. The summed E-state index contributed by atoms with van der Waals surface area (Å²) >= 11 is 0. The number of hydrogen-bond acceptors (Lipinski definition) is 4. The lowest BCUT2D eigenvalue weighted by atomic mass is 9.97. The van der Waals surface area contributed by atoms with Crippen LogP contribution in [0.15, 0.2) is 97.1 Å². The quantitative estimate of drug-likeness (QED) is 0.279. The average molecular weight is 546 g/mol. The number of alkyl halides is 3. The Labute approximate surface area is 229 Å². The molecule has 4 aromatic rings. The fraction of sp³-hybridized carbons (Fsp3) is 0.161. The van der Waals surface area contributed by atoms with Crippen LogP contribution in [0.1, 0.15) is 32.6 Å². The van der Waals surface area contributed by atoms with Crippen LogP contribution >= 0.6 is 0 Å². The predicted molar refractivity (Wildman–Crippen MR) is 145 cm³/mol. The smallest absolute Gasteiger partial charge is 0.351 e. The zero-order chi connectivity index (χ0) is 28.1. The summed E-state index contributed by atoms with van der Waals surface area (Å²) in [4.78, 5) is 30.9. The lowest BCUT2D eigenvalue weighted by Gasteiger charge is -2.27. The van der Waals surface area contributed by atoms with Crippen LogP contribution in [0, 0.1) is 0 Å². The van der Waals surface area contributed by atoms with Crippen molar-refractivity contribution in [3.8, 4) is 11.1 Å². The molecule has 2 amide bonds. The minimum atomic E-state index is -4.43. The Morgan fingerprint density at radius 2 is 1.57 bits per heavy atom. The van der Waals surface area contributed by atoms with Gasteiger partial charge < -0.3 is 15.5 Å². The average Bonchev–Trinajstić information content (AvgIpc) is 2.96. The van der Waals surface area contributed by atoms with Crippen molar-refractivity contribution in [1.82, 2.24) is 10.4 Å². The van der Waals surface area contributed by atoms with Gasteiger partial charge in [-0.3, -0.25) is 4.79 Å². The second-order valence-electron chi connectivity index (χ2n) is 9.39. The maximum atomic E-state index is 13.2. The number of nitrogens with zero attached hydrogens (tertiary/aromatic N) is 1. The summed E-state index contributed by atoms with van der Waals surface area (Å²) in [7, 11) is 0. The molecule has 0 aromatic heterocycles. The highest BCUT2D eigenvalue weighted by molar-refractivity contribution is 6.08. The van der Waals surface area contributed by atoms with Crippen LogP contribution in [0.25, 0.3) is 11.1 Å². The first kappa shape index (κ1) is 27.0. The molecule has 0 aliphatic carbocycles. The van der Waals surface area contributed by atoms with E-state index >= 15 is 0 Å². The Kier molecular flexibility index (Phi) is 7.84. The third-order valence-corrected chi connectivity index (χ3v) is 6.63. The van der Waals surface area contributed by atoms with Gasteiger partial charge in [-0.25, -0.2) is 4.79 Å². The molecule has 0 bridgehead atoms. The topological polar surface area (TPSA) is 70.7 Å². The van der Waals surface area contributed by atoms with E-state index in [-0.39, 0.29) is 5.91 Å². The van der Waals surface area contributed by atoms with Gasteiger partial charge in [-0.15, -0.1) is 5.06 Å². The molecule has 0 atom stereocenters. The first-order chi connectivity index (χ1) is 19.3. The van der Waals surface area contributed by atoms with Crippen molar-refractivity contribution in [2.75, 3.05) is 11.9 Å². The summed E-state index contributed by atoms with van der Waals surface area (Å²) in [6.07, 6.45) is -4.34. The lowest BCUT2D eigenvalue weighted by molar-refractivity contribution is -0.137. The van der Waals surface area contributed by atoms with Gasteiger partial charge in [0.15, 0.2) is 0 Å². The van der Waals surface area contributed by atoms with Crippen molar-refractivity contribution in [2.24, 2.45) is 0 Å². The predicted octanol–water partition coefficient (Wildman–Crippen LogP) is 6.82. The summed E-state index contributed by atoms with van der Waals surface area (Å²) in [5.41, 5.74) is 4.22. The van der Waals surface area contributed by atoms with E-state index in [1.165, 1.54) is 12.1 Å². The number of benzene rings is 4. The van der Waals surface area contributed by atoms with E-state index in [1.54, 1.807) is 35.4 Å². The Morgan fingerprint density at radius 3 is 2.33 bits per heavy atom. The molecule has 40 heavy (non-hydrogen) atoms. The number of nitrogens with one attached hydrogen (secondary N) is 2. The minimum absolute atomic E-state index is 0.348. The van der Waals surface area contributed by atoms with Crippen molar-refractivity contribution >= 4 is 17.7 Å². The molecule has 0 saturated carbocycles. The summed E-state index contributed by atoms with van der Waals surface area (Å²) in [5, 5.41) is 7.24. The van der Waals surface area contributed by atoms with E-state index in [9.17, 15) is 22.8 Å². The lowest BCUT2D eigenvalue weighted by Crippen LogP contribution is -2.37. The normalized spacial score (nSPS) is 13.3. The largest absolute Gasteiger partial charge is 0.426 e. The van der Waals surface area contributed by atoms with Gasteiger partial charge in [0.1, 0.15) is 0 Å². The second kappa shape index (κ2) is 11.6.